The van der Waals surface area contributed by atoms with Gasteiger partial charge >= 0.3 is 0 Å². The van der Waals surface area contributed by atoms with Gasteiger partial charge in [-0.3, -0.25) is 0 Å². The van der Waals surface area contributed by atoms with E-state index in [0.717, 1.165) is 27.5 Å². The van der Waals surface area contributed by atoms with Gasteiger partial charge in [0, 0.05) is 28.5 Å². The summed E-state index contributed by atoms with van der Waals surface area (Å²) in [6.07, 6.45) is 2.05. The molecular weight excluding hydrogens is 296 g/mol. The summed E-state index contributed by atoms with van der Waals surface area (Å²) in [6.45, 7) is 11.3. The predicted octanol–water partition coefficient (Wildman–Crippen LogP) is 5.25. The van der Waals surface area contributed by atoms with Crippen molar-refractivity contribution in [2.75, 3.05) is 0 Å². The Bertz CT molecular complexity index is 1150. The van der Waals surface area contributed by atoms with Gasteiger partial charge in [-0.15, -0.1) is 0 Å². The van der Waals surface area contributed by atoms with E-state index < -0.39 is 0 Å². The van der Waals surface area contributed by atoms with Crippen molar-refractivity contribution in [2.45, 2.75) is 13.8 Å². The number of hydrogen-bond donors (Lipinski definition) is 0. The van der Waals surface area contributed by atoms with Crippen LogP contribution in [0.25, 0.3) is 38.0 Å². The summed E-state index contributed by atoms with van der Waals surface area (Å²) in [4.78, 5) is 3.57. The van der Waals surface area contributed by atoms with E-state index in [1.807, 2.05) is 25.1 Å². The van der Waals surface area contributed by atoms with Gasteiger partial charge in [0.15, 0.2) is 11.9 Å². The second kappa shape index (κ2) is 5.21. The molecule has 0 saturated heterocycles. The number of nitrogens with zero attached hydrogens (tertiary/aromatic N) is 2. The van der Waals surface area contributed by atoms with Crippen LogP contribution in [0, 0.1) is 20.4 Å². The number of hydrogen-bond acceptors (Lipinski definition) is 1. The molecule has 0 spiro atoms. The molecule has 3 heteroatoms. The SMILES string of the molecule is [C-]#[N+]c1ccc2c(oc3cc(C)c(-c4cccc[n+]4C)cc32)c1C. The molecule has 4 rings (SSSR count). The summed E-state index contributed by atoms with van der Waals surface area (Å²) in [5.41, 5.74) is 6.77. The van der Waals surface area contributed by atoms with Gasteiger partial charge in [0.05, 0.1) is 6.57 Å². The van der Waals surface area contributed by atoms with Gasteiger partial charge in [0.25, 0.3) is 0 Å². The van der Waals surface area contributed by atoms with Crippen molar-refractivity contribution in [2.24, 2.45) is 7.05 Å². The lowest BCUT2D eigenvalue weighted by atomic mass is 10.0. The highest BCUT2D eigenvalue weighted by Gasteiger charge is 2.17. The lowest BCUT2D eigenvalue weighted by Crippen LogP contribution is -2.30. The van der Waals surface area contributed by atoms with Crippen LogP contribution in [0.2, 0.25) is 0 Å². The third-order valence-electron chi connectivity index (χ3n) is 4.66. The number of pyridine rings is 1. The maximum absolute atomic E-state index is 7.28. The van der Waals surface area contributed by atoms with E-state index in [4.69, 9.17) is 11.0 Å². The van der Waals surface area contributed by atoms with E-state index in [-0.39, 0.29) is 0 Å². The van der Waals surface area contributed by atoms with Crippen molar-refractivity contribution in [3.63, 3.8) is 0 Å². The lowest BCUT2D eigenvalue weighted by molar-refractivity contribution is -0.660. The van der Waals surface area contributed by atoms with Crippen molar-refractivity contribution in [1.29, 1.82) is 0 Å². The molecule has 116 valence electrons. The number of aromatic nitrogens is 1. The highest BCUT2D eigenvalue weighted by atomic mass is 16.3. The van der Waals surface area contributed by atoms with Crippen LogP contribution in [0.4, 0.5) is 5.69 Å². The fourth-order valence-corrected chi connectivity index (χ4v) is 3.31. The Morgan fingerprint density at radius 2 is 1.88 bits per heavy atom. The van der Waals surface area contributed by atoms with Crippen LogP contribution in [0.1, 0.15) is 11.1 Å². The Hall–Kier alpha value is -3.12. The van der Waals surface area contributed by atoms with Gasteiger partial charge < -0.3 is 4.42 Å². The molecule has 0 saturated carbocycles. The summed E-state index contributed by atoms with van der Waals surface area (Å²) in [6, 6.07) is 14.4. The smallest absolute Gasteiger partial charge is 0.212 e. The quantitative estimate of drug-likeness (QED) is 0.347. The molecule has 24 heavy (non-hydrogen) atoms. The van der Waals surface area contributed by atoms with Crippen LogP contribution in [0.15, 0.2) is 53.1 Å². The molecule has 0 bridgehead atoms. The number of benzene rings is 2. The van der Waals surface area contributed by atoms with Crippen LogP contribution in [0.3, 0.4) is 0 Å². The normalized spacial score (nSPS) is 11.1. The van der Waals surface area contributed by atoms with E-state index in [0.29, 0.717) is 5.69 Å². The van der Waals surface area contributed by atoms with Crippen molar-refractivity contribution < 1.29 is 8.98 Å². The number of furan rings is 1. The van der Waals surface area contributed by atoms with E-state index in [2.05, 4.69) is 53.8 Å². The number of rotatable bonds is 1. The molecule has 0 aliphatic heterocycles. The van der Waals surface area contributed by atoms with E-state index in [9.17, 15) is 0 Å². The summed E-state index contributed by atoms with van der Waals surface area (Å²) in [7, 11) is 2.05. The van der Waals surface area contributed by atoms with Crippen molar-refractivity contribution >= 4 is 27.6 Å². The van der Waals surface area contributed by atoms with Gasteiger partial charge in [-0.2, -0.15) is 0 Å². The van der Waals surface area contributed by atoms with Gasteiger partial charge in [-0.25, -0.2) is 9.41 Å². The monoisotopic (exact) mass is 313 g/mol. The number of fused-ring (bicyclic) bond motifs is 3. The molecule has 0 fully saturated rings. The average Bonchev–Trinajstić information content (AvgIpc) is 2.93. The minimum absolute atomic E-state index is 0.646. The van der Waals surface area contributed by atoms with E-state index in [1.54, 1.807) is 0 Å². The minimum Gasteiger partial charge on any atom is -0.457 e. The summed E-state index contributed by atoms with van der Waals surface area (Å²) < 4.78 is 8.20. The van der Waals surface area contributed by atoms with Gasteiger partial charge in [-0.05, 0) is 43.2 Å². The second-order valence-corrected chi connectivity index (χ2v) is 6.16. The van der Waals surface area contributed by atoms with Crippen LogP contribution >= 0.6 is 0 Å². The predicted molar refractivity (Wildman–Crippen MR) is 96.1 cm³/mol. The average molecular weight is 313 g/mol. The molecule has 0 aliphatic carbocycles. The van der Waals surface area contributed by atoms with Crippen molar-refractivity contribution in [3.05, 3.63) is 71.2 Å². The molecule has 0 unspecified atom stereocenters. The Kier molecular flexibility index (Phi) is 3.14. The van der Waals surface area contributed by atoms with Crippen LogP contribution in [-0.2, 0) is 7.05 Å². The first kappa shape index (κ1) is 14.5. The first-order valence-electron chi connectivity index (χ1n) is 7.89. The highest BCUT2D eigenvalue weighted by molar-refractivity contribution is 6.08. The van der Waals surface area contributed by atoms with Crippen LogP contribution in [0.5, 0.6) is 0 Å². The topological polar surface area (TPSA) is 21.4 Å². The lowest BCUT2D eigenvalue weighted by Gasteiger charge is -2.04. The fourth-order valence-electron chi connectivity index (χ4n) is 3.31. The zero-order valence-corrected chi connectivity index (χ0v) is 13.9. The third-order valence-corrected chi connectivity index (χ3v) is 4.66. The molecule has 3 nitrogen and oxygen atoms in total. The molecule has 2 aromatic heterocycles. The standard InChI is InChI=1S/C21H17N2O/c1-13-11-20-17(12-16(13)19-7-5-6-10-23(19)4)15-8-9-18(22-3)14(2)21(15)24-20/h5-12H,1-2,4H3/q+1. The summed E-state index contributed by atoms with van der Waals surface area (Å²) in [5, 5.41) is 2.16. The first-order valence-corrected chi connectivity index (χ1v) is 7.89. The van der Waals surface area contributed by atoms with E-state index >= 15 is 0 Å². The highest BCUT2D eigenvalue weighted by Crippen LogP contribution is 2.37. The molecular formula is C21H17N2O+. The molecule has 0 N–H and O–H groups in total. The largest absolute Gasteiger partial charge is 0.457 e. The molecule has 0 aliphatic rings. The summed E-state index contributed by atoms with van der Waals surface area (Å²) >= 11 is 0. The maximum Gasteiger partial charge on any atom is 0.212 e. The Labute approximate surface area is 140 Å². The summed E-state index contributed by atoms with van der Waals surface area (Å²) in [5.74, 6) is 0. The van der Waals surface area contributed by atoms with E-state index in [1.165, 1.54) is 16.8 Å². The molecule has 0 amide bonds. The number of aryl methyl sites for hydroxylation is 3. The Balaban J connectivity index is 2.08. The Morgan fingerprint density at radius 3 is 2.62 bits per heavy atom. The second-order valence-electron chi connectivity index (χ2n) is 6.16. The Morgan fingerprint density at radius 1 is 1.04 bits per heavy atom. The first-order chi connectivity index (χ1) is 11.6. The molecule has 2 heterocycles. The van der Waals surface area contributed by atoms with Crippen molar-refractivity contribution in [1.82, 2.24) is 0 Å². The van der Waals surface area contributed by atoms with Crippen LogP contribution in [-0.4, -0.2) is 0 Å². The zero-order valence-electron chi connectivity index (χ0n) is 13.9. The molecule has 0 atom stereocenters. The van der Waals surface area contributed by atoms with Crippen LogP contribution < -0.4 is 4.57 Å². The third kappa shape index (κ3) is 2.00. The van der Waals surface area contributed by atoms with Crippen molar-refractivity contribution in [3.8, 4) is 11.3 Å². The molecule has 2 aromatic carbocycles. The maximum atomic E-state index is 7.28. The minimum atomic E-state index is 0.646. The molecule has 4 aromatic rings. The fraction of sp³-hybridized carbons (Fsp3) is 0.143. The van der Waals surface area contributed by atoms with Gasteiger partial charge in [0.2, 0.25) is 5.69 Å². The van der Waals surface area contributed by atoms with Gasteiger partial charge in [-0.1, -0.05) is 12.1 Å². The zero-order chi connectivity index (χ0) is 16.8. The van der Waals surface area contributed by atoms with Gasteiger partial charge in [0.1, 0.15) is 18.2 Å². The molecule has 0 radical (unpaired) electrons.